The van der Waals surface area contributed by atoms with Crippen molar-refractivity contribution in [1.29, 1.82) is 0 Å². The van der Waals surface area contributed by atoms with Crippen LogP contribution in [0.3, 0.4) is 0 Å². The molecule has 28 heavy (non-hydrogen) atoms. The SMILES string of the molecule is CCCCCCCCC(OC(=O)c1ccccc1)OC(=O)c1ccc(O)cc1. The van der Waals surface area contributed by atoms with E-state index in [1.165, 1.54) is 43.5 Å². The van der Waals surface area contributed by atoms with Gasteiger partial charge in [0.15, 0.2) is 0 Å². The summed E-state index contributed by atoms with van der Waals surface area (Å²) in [4.78, 5) is 24.7. The van der Waals surface area contributed by atoms with Gasteiger partial charge >= 0.3 is 11.9 Å². The highest BCUT2D eigenvalue weighted by Crippen LogP contribution is 2.17. The van der Waals surface area contributed by atoms with Crippen LogP contribution in [0.5, 0.6) is 5.75 Å². The van der Waals surface area contributed by atoms with Crippen molar-refractivity contribution in [2.24, 2.45) is 0 Å². The molecule has 0 aliphatic carbocycles. The van der Waals surface area contributed by atoms with E-state index in [1.807, 2.05) is 6.07 Å². The van der Waals surface area contributed by atoms with Gasteiger partial charge in [-0.05, 0) is 42.8 Å². The maximum absolute atomic E-state index is 12.4. The van der Waals surface area contributed by atoms with Crippen molar-refractivity contribution in [2.75, 3.05) is 0 Å². The van der Waals surface area contributed by atoms with Crippen LogP contribution in [-0.4, -0.2) is 23.3 Å². The normalized spacial score (nSPS) is 11.6. The third-order valence-corrected chi connectivity index (χ3v) is 4.38. The molecule has 0 aliphatic heterocycles. The minimum atomic E-state index is -0.944. The molecule has 5 heteroatoms. The molecule has 2 aromatic carbocycles. The van der Waals surface area contributed by atoms with E-state index in [9.17, 15) is 14.7 Å². The molecule has 1 atom stereocenters. The van der Waals surface area contributed by atoms with Crippen LogP contribution in [0.25, 0.3) is 0 Å². The molecule has 0 aliphatic rings. The summed E-state index contributed by atoms with van der Waals surface area (Å²) in [7, 11) is 0. The maximum Gasteiger partial charge on any atom is 0.341 e. The minimum absolute atomic E-state index is 0.0654. The summed E-state index contributed by atoms with van der Waals surface area (Å²) < 4.78 is 10.9. The number of hydrogen-bond donors (Lipinski definition) is 1. The molecule has 0 saturated heterocycles. The lowest BCUT2D eigenvalue weighted by Crippen LogP contribution is -2.25. The molecule has 5 nitrogen and oxygen atoms in total. The topological polar surface area (TPSA) is 72.8 Å². The molecule has 1 unspecified atom stereocenters. The van der Waals surface area contributed by atoms with Gasteiger partial charge in [0.25, 0.3) is 0 Å². The number of phenolic OH excluding ortho intramolecular Hbond substituents is 1. The van der Waals surface area contributed by atoms with E-state index >= 15 is 0 Å². The summed E-state index contributed by atoms with van der Waals surface area (Å²) in [5.74, 6) is -1.04. The summed E-state index contributed by atoms with van der Waals surface area (Å²) in [6.07, 6.45) is 5.99. The predicted molar refractivity (Wildman–Crippen MR) is 107 cm³/mol. The van der Waals surface area contributed by atoms with Crippen molar-refractivity contribution >= 4 is 11.9 Å². The second-order valence-corrected chi connectivity index (χ2v) is 6.71. The molecule has 2 rings (SSSR count). The Hall–Kier alpha value is -2.82. The summed E-state index contributed by atoms with van der Waals surface area (Å²) in [5.41, 5.74) is 0.706. The van der Waals surface area contributed by atoms with Crippen LogP contribution in [-0.2, 0) is 9.47 Å². The van der Waals surface area contributed by atoms with Crippen molar-refractivity contribution in [2.45, 2.75) is 58.2 Å². The Morgan fingerprint density at radius 2 is 1.32 bits per heavy atom. The first-order chi connectivity index (χ1) is 13.6. The van der Waals surface area contributed by atoms with Gasteiger partial charge < -0.3 is 14.6 Å². The third kappa shape index (κ3) is 7.43. The Kier molecular flexibility index (Phi) is 9.05. The van der Waals surface area contributed by atoms with Crippen molar-refractivity contribution in [1.82, 2.24) is 0 Å². The number of rotatable bonds is 11. The Bertz CT molecular complexity index is 724. The maximum atomic E-state index is 12.4. The first-order valence-corrected chi connectivity index (χ1v) is 9.86. The molecule has 0 aromatic heterocycles. The highest BCUT2D eigenvalue weighted by Gasteiger charge is 2.21. The fraction of sp³-hybridized carbons (Fsp3) is 0.391. The van der Waals surface area contributed by atoms with Gasteiger partial charge in [-0.2, -0.15) is 0 Å². The monoisotopic (exact) mass is 384 g/mol. The van der Waals surface area contributed by atoms with Gasteiger partial charge in [-0.3, -0.25) is 0 Å². The number of unbranched alkanes of at least 4 members (excludes halogenated alkanes) is 5. The zero-order valence-corrected chi connectivity index (χ0v) is 16.3. The van der Waals surface area contributed by atoms with Crippen LogP contribution in [0.15, 0.2) is 54.6 Å². The van der Waals surface area contributed by atoms with E-state index in [-0.39, 0.29) is 5.75 Å². The Morgan fingerprint density at radius 3 is 1.93 bits per heavy atom. The molecule has 0 heterocycles. The molecule has 0 fully saturated rings. The number of hydrogen-bond acceptors (Lipinski definition) is 5. The van der Waals surface area contributed by atoms with Gasteiger partial charge in [-0.1, -0.05) is 57.2 Å². The van der Waals surface area contributed by atoms with Crippen LogP contribution in [0.4, 0.5) is 0 Å². The molecular weight excluding hydrogens is 356 g/mol. The Morgan fingerprint density at radius 1 is 0.786 bits per heavy atom. The third-order valence-electron chi connectivity index (χ3n) is 4.38. The molecular formula is C23H28O5. The molecule has 1 N–H and O–H groups in total. The lowest BCUT2D eigenvalue weighted by Gasteiger charge is -2.18. The molecule has 0 amide bonds. The van der Waals surface area contributed by atoms with Gasteiger partial charge in [0.05, 0.1) is 11.1 Å². The van der Waals surface area contributed by atoms with Crippen molar-refractivity contribution in [3.63, 3.8) is 0 Å². The smallest absolute Gasteiger partial charge is 0.341 e. The van der Waals surface area contributed by atoms with Crippen LogP contribution in [0.1, 0.15) is 72.6 Å². The van der Waals surface area contributed by atoms with E-state index < -0.39 is 18.2 Å². The second-order valence-electron chi connectivity index (χ2n) is 6.71. The molecule has 0 saturated carbocycles. The minimum Gasteiger partial charge on any atom is -0.508 e. The lowest BCUT2D eigenvalue weighted by molar-refractivity contribution is -0.0838. The van der Waals surface area contributed by atoms with Gasteiger partial charge in [-0.15, -0.1) is 0 Å². The summed E-state index contributed by atoms with van der Waals surface area (Å²) in [5, 5.41) is 9.35. The fourth-order valence-corrected chi connectivity index (χ4v) is 2.78. The number of carbonyl (C=O) groups excluding carboxylic acids is 2. The summed E-state index contributed by atoms with van der Waals surface area (Å²) in [6.45, 7) is 2.17. The molecule has 150 valence electrons. The highest BCUT2D eigenvalue weighted by atomic mass is 16.7. The van der Waals surface area contributed by atoms with Gasteiger partial charge in [0.1, 0.15) is 5.75 Å². The van der Waals surface area contributed by atoms with Crippen LogP contribution in [0.2, 0.25) is 0 Å². The lowest BCUT2D eigenvalue weighted by atomic mass is 10.1. The van der Waals surface area contributed by atoms with E-state index in [2.05, 4.69) is 6.92 Å². The summed E-state index contributed by atoms with van der Waals surface area (Å²) in [6, 6.07) is 14.4. The fourth-order valence-electron chi connectivity index (χ4n) is 2.78. The second kappa shape index (κ2) is 11.8. The first kappa shape index (κ1) is 21.5. The number of carbonyl (C=O) groups is 2. The number of ether oxygens (including phenoxy) is 2. The quantitative estimate of drug-likeness (QED) is 0.315. The Balaban J connectivity index is 1.95. The van der Waals surface area contributed by atoms with Gasteiger partial charge in [0.2, 0.25) is 6.29 Å². The molecule has 2 aromatic rings. The number of esters is 2. The van der Waals surface area contributed by atoms with E-state index in [4.69, 9.17) is 9.47 Å². The molecule has 0 spiro atoms. The highest BCUT2D eigenvalue weighted by molar-refractivity contribution is 5.91. The van der Waals surface area contributed by atoms with Gasteiger partial charge in [-0.25, -0.2) is 9.59 Å². The standard InChI is InChI=1S/C23H28O5/c1-2-3-4-5-6-10-13-21(27-22(25)18-11-8-7-9-12-18)28-23(26)19-14-16-20(24)17-15-19/h7-9,11-12,14-17,21,24H,2-6,10,13H2,1H3. The van der Waals surface area contributed by atoms with Crippen molar-refractivity contribution < 1.29 is 24.2 Å². The van der Waals surface area contributed by atoms with Crippen molar-refractivity contribution in [3.05, 3.63) is 65.7 Å². The van der Waals surface area contributed by atoms with Crippen LogP contribution in [0, 0.1) is 0 Å². The first-order valence-electron chi connectivity index (χ1n) is 9.86. The van der Waals surface area contributed by atoms with E-state index in [0.717, 1.165) is 19.3 Å². The van der Waals surface area contributed by atoms with Crippen molar-refractivity contribution in [3.8, 4) is 5.75 Å². The van der Waals surface area contributed by atoms with E-state index in [1.54, 1.807) is 24.3 Å². The average Bonchev–Trinajstić information content (AvgIpc) is 2.71. The van der Waals surface area contributed by atoms with Gasteiger partial charge in [0, 0.05) is 6.42 Å². The van der Waals surface area contributed by atoms with Crippen LogP contribution < -0.4 is 0 Å². The van der Waals surface area contributed by atoms with E-state index in [0.29, 0.717) is 17.5 Å². The Labute approximate surface area is 166 Å². The average molecular weight is 384 g/mol. The molecule has 0 radical (unpaired) electrons. The number of aromatic hydroxyl groups is 1. The zero-order chi connectivity index (χ0) is 20.2. The number of benzene rings is 2. The number of phenols is 1. The van der Waals surface area contributed by atoms with Crippen LogP contribution >= 0.6 is 0 Å². The predicted octanol–water partition coefficient (Wildman–Crippen LogP) is 5.48. The zero-order valence-electron chi connectivity index (χ0n) is 16.3. The summed E-state index contributed by atoms with van der Waals surface area (Å²) >= 11 is 0. The molecule has 0 bridgehead atoms. The largest absolute Gasteiger partial charge is 0.508 e.